The molecule has 2 heterocycles. The summed E-state index contributed by atoms with van der Waals surface area (Å²) in [5.41, 5.74) is 5.49. The molecule has 0 fully saturated rings. The van der Waals surface area contributed by atoms with Crippen LogP contribution in [-0.4, -0.2) is 11.8 Å². The number of furan rings is 2. The molecule has 0 unspecified atom stereocenters. The first-order valence-corrected chi connectivity index (χ1v) is 7.91. The minimum Gasteiger partial charge on any atom is -0.469 e. The molecular formula is C17H12Cl2N2O4. The smallest absolute Gasteiger partial charge is 0.305 e. The summed E-state index contributed by atoms with van der Waals surface area (Å²) in [6.45, 7) is 1.64. The molecule has 8 heteroatoms. The van der Waals surface area contributed by atoms with E-state index in [-0.39, 0.29) is 5.76 Å². The van der Waals surface area contributed by atoms with Crippen molar-refractivity contribution in [1.82, 2.24) is 10.9 Å². The summed E-state index contributed by atoms with van der Waals surface area (Å²) in [5, 5.41) is 0.896. The van der Waals surface area contributed by atoms with Crippen LogP contribution in [0.1, 0.15) is 26.7 Å². The summed E-state index contributed by atoms with van der Waals surface area (Å²) in [6.07, 6.45) is 1.39. The third kappa shape index (κ3) is 3.70. The summed E-state index contributed by atoms with van der Waals surface area (Å²) in [4.78, 5) is 24.0. The van der Waals surface area contributed by atoms with E-state index < -0.39 is 11.8 Å². The number of rotatable bonds is 3. The maximum Gasteiger partial charge on any atom is 0.305 e. The predicted octanol–water partition coefficient (Wildman–Crippen LogP) is 4.23. The molecule has 25 heavy (non-hydrogen) atoms. The van der Waals surface area contributed by atoms with Crippen molar-refractivity contribution in [3.8, 4) is 11.3 Å². The van der Waals surface area contributed by atoms with Gasteiger partial charge in [0.1, 0.15) is 11.5 Å². The molecule has 0 bridgehead atoms. The van der Waals surface area contributed by atoms with E-state index in [1.165, 1.54) is 18.4 Å². The Kier molecular flexibility index (Phi) is 4.83. The molecule has 0 saturated heterocycles. The lowest BCUT2D eigenvalue weighted by Crippen LogP contribution is -2.41. The lowest BCUT2D eigenvalue weighted by Gasteiger charge is -2.05. The van der Waals surface area contributed by atoms with Gasteiger partial charge in [-0.2, -0.15) is 0 Å². The Morgan fingerprint density at radius 2 is 1.76 bits per heavy atom. The van der Waals surface area contributed by atoms with Gasteiger partial charge in [-0.25, -0.2) is 0 Å². The number of carbonyl (C=O) groups excluding carboxylic acids is 2. The highest BCUT2D eigenvalue weighted by atomic mass is 35.5. The molecule has 128 valence electrons. The molecule has 2 amide bonds. The number of nitrogens with one attached hydrogen (secondary N) is 2. The van der Waals surface area contributed by atoms with Crippen LogP contribution in [0, 0.1) is 6.92 Å². The van der Waals surface area contributed by atoms with E-state index in [1.54, 1.807) is 31.2 Å². The average molecular weight is 379 g/mol. The molecule has 1 aromatic carbocycles. The van der Waals surface area contributed by atoms with Crippen molar-refractivity contribution in [3.05, 3.63) is 69.8 Å². The Labute approximate surface area is 152 Å². The van der Waals surface area contributed by atoms with Crippen molar-refractivity contribution < 1.29 is 18.4 Å². The monoisotopic (exact) mass is 378 g/mol. The van der Waals surface area contributed by atoms with E-state index in [0.29, 0.717) is 32.7 Å². The van der Waals surface area contributed by atoms with E-state index in [9.17, 15) is 9.59 Å². The Morgan fingerprint density at radius 1 is 1.00 bits per heavy atom. The van der Waals surface area contributed by atoms with Crippen LogP contribution >= 0.6 is 23.2 Å². The van der Waals surface area contributed by atoms with Crippen LogP contribution in [0.2, 0.25) is 10.0 Å². The maximum absolute atomic E-state index is 12.1. The van der Waals surface area contributed by atoms with Crippen LogP contribution in [0.3, 0.4) is 0 Å². The van der Waals surface area contributed by atoms with Crippen molar-refractivity contribution >= 4 is 35.0 Å². The number of carbonyl (C=O) groups is 2. The predicted molar refractivity (Wildman–Crippen MR) is 92.5 cm³/mol. The first-order chi connectivity index (χ1) is 12.0. The van der Waals surface area contributed by atoms with Crippen LogP contribution in [-0.2, 0) is 0 Å². The minimum absolute atomic E-state index is 0.0187. The highest BCUT2D eigenvalue weighted by molar-refractivity contribution is 6.36. The molecule has 0 spiro atoms. The molecule has 0 atom stereocenters. The van der Waals surface area contributed by atoms with Crippen LogP contribution in [0.15, 0.2) is 51.5 Å². The number of amides is 2. The number of benzene rings is 1. The third-order valence-corrected chi connectivity index (χ3v) is 3.97. The fourth-order valence-electron chi connectivity index (χ4n) is 2.16. The second-order valence-corrected chi connectivity index (χ2v) is 5.93. The van der Waals surface area contributed by atoms with E-state index in [0.717, 1.165) is 0 Å². The normalized spacial score (nSPS) is 10.5. The van der Waals surface area contributed by atoms with Crippen LogP contribution in [0.25, 0.3) is 11.3 Å². The van der Waals surface area contributed by atoms with Gasteiger partial charge in [-0.15, -0.1) is 0 Å². The fraction of sp³-hybridized carbons (Fsp3) is 0.0588. The summed E-state index contributed by atoms with van der Waals surface area (Å²) < 4.78 is 10.5. The second-order valence-electron chi connectivity index (χ2n) is 5.09. The van der Waals surface area contributed by atoms with Crippen LogP contribution in [0.4, 0.5) is 0 Å². The minimum atomic E-state index is -0.606. The zero-order chi connectivity index (χ0) is 18.0. The van der Waals surface area contributed by atoms with Gasteiger partial charge in [-0.05, 0) is 43.3 Å². The second kappa shape index (κ2) is 7.04. The van der Waals surface area contributed by atoms with Crippen molar-refractivity contribution in [3.63, 3.8) is 0 Å². The van der Waals surface area contributed by atoms with Crippen molar-refractivity contribution in [1.29, 1.82) is 0 Å². The summed E-state index contributed by atoms with van der Waals surface area (Å²) in [7, 11) is 0. The molecule has 0 aliphatic rings. The van der Waals surface area contributed by atoms with E-state index in [4.69, 9.17) is 32.0 Å². The van der Waals surface area contributed by atoms with Gasteiger partial charge in [0.05, 0.1) is 16.8 Å². The Balaban J connectivity index is 1.68. The fourth-order valence-corrected chi connectivity index (χ4v) is 2.66. The topological polar surface area (TPSA) is 84.5 Å². The maximum atomic E-state index is 12.1. The number of hydrogen-bond donors (Lipinski definition) is 2. The summed E-state index contributed by atoms with van der Waals surface area (Å²) >= 11 is 12.0. The van der Waals surface area contributed by atoms with E-state index in [1.807, 2.05) is 0 Å². The van der Waals surface area contributed by atoms with Gasteiger partial charge in [0.25, 0.3) is 5.91 Å². The van der Waals surface area contributed by atoms with Gasteiger partial charge in [0.15, 0.2) is 5.76 Å². The van der Waals surface area contributed by atoms with Crippen LogP contribution in [0.5, 0.6) is 0 Å². The summed E-state index contributed by atoms with van der Waals surface area (Å²) in [6, 6.07) is 9.52. The average Bonchev–Trinajstić information content (AvgIpc) is 3.21. The zero-order valence-corrected chi connectivity index (χ0v) is 14.4. The molecule has 2 aromatic heterocycles. The van der Waals surface area contributed by atoms with Crippen molar-refractivity contribution in [2.45, 2.75) is 6.92 Å². The first-order valence-electron chi connectivity index (χ1n) is 7.16. The van der Waals surface area contributed by atoms with Crippen molar-refractivity contribution in [2.24, 2.45) is 0 Å². The van der Waals surface area contributed by atoms with Gasteiger partial charge in [0.2, 0.25) is 0 Å². The molecule has 3 rings (SSSR count). The molecule has 6 nitrogen and oxygen atoms in total. The molecule has 0 saturated carbocycles. The Bertz CT molecular complexity index is 946. The molecule has 3 aromatic rings. The highest BCUT2D eigenvalue weighted by Gasteiger charge is 2.16. The quantitative estimate of drug-likeness (QED) is 0.667. The molecular weight excluding hydrogens is 367 g/mol. The van der Waals surface area contributed by atoms with Gasteiger partial charge in [-0.3, -0.25) is 20.4 Å². The van der Waals surface area contributed by atoms with Gasteiger partial charge < -0.3 is 8.83 Å². The lowest BCUT2D eigenvalue weighted by atomic mass is 10.2. The first kappa shape index (κ1) is 17.1. The molecule has 0 aliphatic heterocycles. The highest BCUT2D eigenvalue weighted by Crippen LogP contribution is 2.31. The Morgan fingerprint density at radius 3 is 2.44 bits per heavy atom. The SMILES string of the molecule is Cc1occc1C(=O)NNC(=O)c1ccc(-c2ccc(Cl)cc2Cl)o1. The number of halogens is 2. The molecule has 2 N–H and O–H groups in total. The Hall–Kier alpha value is -2.70. The standard InChI is InChI=1S/C17H12Cl2N2O4/c1-9-11(6-7-24-9)16(22)20-21-17(23)15-5-4-14(25-15)12-3-2-10(18)8-13(12)19/h2-8H,1H3,(H,20,22)(H,21,23). The van der Waals surface area contributed by atoms with Gasteiger partial charge >= 0.3 is 5.91 Å². The third-order valence-electron chi connectivity index (χ3n) is 3.42. The number of aryl methyl sites for hydroxylation is 1. The molecule has 0 aliphatic carbocycles. The zero-order valence-electron chi connectivity index (χ0n) is 12.9. The van der Waals surface area contributed by atoms with Crippen LogP contribution < -0.4 is 10.9 Å². The van der Waals surface area contributed by atoms with E-state index in [2.05, 4.69) is 10.9 Å². The lowest BCUT2D eigenvalue weighted by molar-refractivity contribution is 0.0830. The van der Waals surface area contributed by atoms with Gasteiger partial charge in [0, 0.05) is 10.6 Å². The summed E-state index contributed by atoms with van der Waals surface area (Å²) in [5.74, 6) is -0.226. The largest absolute Gasteiger partial charge is 0.469 e. The molecule has 0 radical (unpaired) electrons. The number of hydrogen-bond acceptors (Lipinski definition) is 4. The van der Waals surface area contributed by atoms with Crippen molar-refractivity contribution in [2.75, 3.05) is 0 Å². The number of hydrazine groups is 1. The van der Waals surface area contributed by atoms with E-state index >= 15 is 0 Å². The van der Waals surface area contributed by atoms with Gasteiger partial charge in [-0.1, -0.05) is 23.2 Å².